The monoisotopic (exact) mass is 270 g/mol. The molecule has 0 aromatic carbocycles. The third-order valence-electron chi connectivity index (χ3n) is 3.71. The molecule has 0 unspecified atom stereocenters. The fourth-order valence-electron chi connectivity index (χ4n) is 2.43. The first kappa shape index (κ1) is 16.0. The van der Waals surface area contributed by atoms with E-state index in [0.29, 0.717) is 0 Å². The molecule has 0 saturated carbocycles. The predicted octanol–water partition coefficient (Wildman–Crippen LogP) is 1.48. The van der Waals surface area contributed by atoms with Crippen LogP contribution in [0.2, 0.25) is 0 Å². The van der Waals surface area contributed by atoms with E-state index >= 15 is 0 Å². The molecule has 1 aliphatic rings. The summed E-state index contributed by atoms with van der Waals surface area (Å²) in [5.41, 5.74) is -0.990. The molecule has 1 aliphatic heterocycles. The number of carbonyl (C=O) groups excluding carboxylic acids is 1. The summed E-state index contributed by atoms with van der Waals surface area (Å²) >= 11 is 0. The minimum absolute atomic E-state index is 0.0267. The molecule has 0 spiro atoms. The number of nitrogens with one attached hydrogen (secondary N) is 1. The molecular weight excluding hydrogens is 244 g/mol. The Morgan fingerprint density at radius 2 is 1.89 bits per heavy atom. The number of hydrogen-bond acceptors (Lipinski definition) is 3. The van der Waals surface area contributed by atoms with Crippen molar-refractivity contribution in [2.75, 3.05) is 19.6 Å². The van der Waals surface area contributed by atoms with Crippen molar-refractivity contribution in [3.05, 3.63) is 0 Å². The van der Waals surface area contributed by atoms with E-state index in [2.05, 4.69) is 5.32 Å². The largest absolute Gasteiger partial charge is 0.481 e. The van der Waals surface area contributed by atoms with Gasteiger partial charge in [-0.15, -0.1) is 0 Å². The molecule has 5 nitrogen and oxygen atoms in total. The van der Waals surface area contributed by atoms with Gasteiger partial charge < -0.3 is 15.3 Å². The van der Waals surface area contributed by atoms with Gasteiger partial charge in [-0.05, 0) is 46.2 Å². The van der Waals surface area contributed by atoms with E-state index in [0.717, 1.165) is 38.9 Å². The smallest absolute Gasteiger partial charge is 0.309 e. The molecule has 5 heteroatoms. The highest BCUT2D eigenvalue weighted by atomic mass is 16.4. The molecule has 0 aliphatic carbocycles. The number of carboxylic acids is 1. The number of carbonyl (C=O) groups is 2. The van der Waals surface area contributed by atoms with Crippen molar-refractivity contribution in [1.82, 2.24) is 10.2 Å². The van der Waals surface area contributed by atoms with Gasteiger partial charge >= 0.3 is 5.97 Å². The summed E-state index contributed by atoms with van der Waals surface area (Å²) in [7, 11) is 0. The van der Waals surface area contributed by atoms with Crippen LogP contribution in [0, 0.1) is 5.41 Å². The standard InChI is InChI=1S/C14H26N2O3/c1-4-9-16(11-5-7-15-8-6-11)12(17)10-14(2,3)13(18)19/h11,15H,4-10H2,1-3H3,(H,18,19). The second kappa shape index (κ2) is 6.89. The Kier molecular flexibility index (Phi) is 5.79. The number of nitrogens with zero attached hydrogens (tertiary/aromatic N) is 1. The van der Waals surface area contributed by atoms with E-state index in [-0.39, 0.29) is 18.4 Å². The van der Waals surface area contributed by atoms with Crippen molar-refractivity contribution in [2.45, 2.75) is 52.5 Å². The lowest BCUT2D eigenvalue weighted by molar-refractivity contribution is -0.152. The van der Waals surface area contributed by atoms with Gasteiger partial charge in [-0.25, -0.2) is 0 Å². The zero-order valence-electron chi connectivity index (χ0n) is 12.2. The van der Waals surface area contributed by atoms with Crippen molar-refractivity contribution < 1.29 is 14.7 Å². The lowest BCUT2D eigenvalue weighted by Crippen LogP contribution is -2.48. The number of rotatable bonds is 6. The molecule has 1 heterocycles. The Bertz CT molecular complexity index is 323. The first-order valence-electron chi connectivity index (χ1n) is 7.12. The first-order chi connectivity index (χ1) is 8.88. The number of amides is 1. The molecular formula is C14H26N2O3. The quantitative estimate of drug-likeness (QED) is 0.767. The molecule has 1 saturated heterocycles. The highest BCUT2D eigenvalue weighted by Crippen LogP contribution is 2.24. The van der Waals surface area contributed by atoms with Crippen LogP contribution in [0.1, 0.15) is 46.5 Å². The van der Waals surface area contributed by atoms with Gasteiger partial charge in [0.25, 0.3) is 0 Å². The SMILES string of the molecule is CCCN(C(=O)CC(C)(C)C(=O)O)C1CCNCC1. The number of aliphatic carboxylic acids is 1. The van der Waals surface area contributed by atoms with Crippen molar-refractivity contribution in [3.63, 3.8) is 0 Å². The molecule has 110 valence electrons. The van der Waals surface area contributed by atoms with Gasteiger partial charge in [-0.3, -0.25) is 9.59 Å². The summed E-state index contributed by atoms with van der Waals surface area (Å²) in [6.07, 6.45) is 2.90. The average molecular weight is 270 g/mol. The predicted molar refractivity (Wildman–Crippen MR) is 73.9 cm³/mol. The van der Waals surface area contributed by atoms with E-state index in [9.17, 15) is 9.59 Å². The van der Waals surface area contributed by atoms with Crippen LogP contribution in [0.15, 0.2) is 0 Å². The molecule has 2 N–H and O–H groups in total. The van der Waals surface area contributed by atoms with Crippen LogP contribution in [-0.2, 0) is 9.59 Å². The maximum Gasteiger partial charge on any atom is 0.309 e. The minimum Gasteiger partial charge on any atom is -0.481 e. The highest BCUT2D eigenvalue weighted by molar-refractivity contribution is 5.84. The van der Waals surface area contributed by atoms with Gasteiger partial charge in [-0.2, -0.15) is 0 Å². The summed E-state index contributed by atoms with van der Waals surface area (Å²) in [5, 5.41) is 12.4. The zero-order valence-corrected chi connectivity index (χ0v) is 12.2. The van der Waals surface area contributed by atoms with E-state index in [1.807, 2.05) is 11.8 Å². The van der Waals surface area contributed by atoms with Crippen LogP contribution < -0.4 is 5.32 Å². The lowest BCUT2D eigenvalue weighted by Gasteiger charge is -2.36. The summed E-state index contributed by atoms with van der Waals surface area (Å²) in [4.78, 5) is 25.4. The van der Waals surface area contributed by atoms with Gasteiger partial charge in [-0.1, -0.05) is 6.92 Å². The lowest BCUT2D eigenvalue weighted by atomic mass is 9.88. The van der Waals surface area contributed by atoms with Gasteiger partial charge in [0.1, 0.15) is 0 Å². The Labute approximate surface area is 115 Å². The second-order valence-corrected chi connectivity index (χ2v) is 5.93. The summed E-state index contributed by atoms with van der Waals surface area (Å²) < 4.78 is 0. The number of carboxylic acid groups (broad SMARTS) is 1. The van der Waals surface area contributed by atoms with Crippen LogP contribution in [0.25, 0.3) is 0 Å². The zero-order chi connectivity index (χ0) is 14.5. The molecule has 0 bridgehead atoms. The summed E-state index contributed by atoms with van der Waals surface area (Å²) in [6.45, 7) is 7.85. The fraction of sp³-hybridized carbons (Fsp3) is 0.857. The topological polar surface area (TPSA) is 69.6 Å². The van der Waals surface area contributed by atoms with Crippen molar-refractivity contribution in [2.24, 2.45) is 5.41 Å². The van der Waals surface area contributed by atoms with Crippen LogP contribution in [-0.4, -0.2) is 47.6 Å². The van der Waals surface area contributed by atoms with Gasteiger partial charge in [0.15, 0.2) is 0 Å². The Morgan fingerprint density at radius 3 is 2.37 bits per heavy atom. The summed E-state index contributed by atoms with van der Waals surface area (Å²) in [5.74, 6) is -0.941. The average Bonchev–Trinajstić information content (AvgIpc) is 2.36. The van der Waals surface area contributed by atoms with E-state index in [1.54, 1.807) is 13.8 Å². The van der Waals surface area contributed by atoms with Crippen molar-refractivity contribution in [3.8, 4) is 0 Å². The molecule has 19 heavy (non-hydrogen) atoms. The molecule has 0 aromatic heterocycles. The van der Waals surface area contributed by atoms with E-state index in [1.165, 1.54) is 0 Å². The van der Waals surface area contributed by atoms with Crippen molar-refractivity contribution in [1.29, 1.82) is 0 Å². The summed E-state index contributed by atoms with van der Waals surface area (Å²) in [6, 6.07) is 0.262. The molecule has 0 atom stereocenters. The van der Waals surface area contributed by atoms with E-state index < -0.39 is 11.4 Å². The van der Waals surface area contributed by atoms with Gasteiger partial charge in [0.05, 0.1) is 5.41 Å². The van der Waals surface area contributed by atoms with Crippen LogP contribution in [0.5, 0.6) is 0 Å². The highest BCUT2D eigenvalue weighted by Gasteiger charge is 2.34. The molecule has 1 fully saturated rings. The maximum atomic E-state index is 12.4. The molecule has 1 rings (SSSR count). The Balaban J connectivity index is 2.69. The van der Waals surface area contributed by atoms with Gasteiger partial charge in [0.2, 0.25) is 5.91 Å². The molecule has 0 radical (unpaired) electrons. The fourth-order valence-corrected chi connectivity index (χ4v) is 2.43. The molecule has 1 amide bonds. The number of piperidine rings is 1. The van der Waals surface area contributed by atoms with Crippen LogP contribution in [0.4, 0.5) is 0 Å². The van der Waals surface area contributed by atoms with Crippen LogP contribution >= 0.6 is 0 Å². The Morgan fingerprint density at radius 1 is 1.32 bits per heavy atom. The first-order valence-corrected chi connectivity index (χ1v) is 7.12. The minimum atomic E-state index is -0.990. The third-order valence-corrected chi connectivity index (χ3v) is 3.71. The van der Waals surface area contributed by atoms with Crippen LogP contribution in [0.3, 0.4) is 0 Å². The normalized spacial score (nSPS) is 17.2. The number of hydrogen-bond donors (Lipinski definition) is 2. The third kappa shape index (κ3) is 4.49. The maximum absolute atomic E-state index is 12.4. The van der Waals surface area contributed by atoms with E-state index in [4.69, 9.17) is 5.11 Å². The molecule has 0 aromatic rings. The van der Waals surface area contributed by atoms with Crippen molar-refractivity contribution >= 4 is 11.9 Å². The second-order valence-electron chi connectivity index (χ2n) is 5.93. The van der Waals surface area contributed by atoms with Gasteiger partial charge in [0, 0.05) is 19.0 Å². The Hall–Kier alpha value is -1.10.